The Morgan fingerprint density at radius 2 is 2.00 bits per heavy atom. The Labute approximate surface area is 105 Å². The van der Waals surface area contributed by atoms with Gasteiger partial charge in [0.1, 0.15) is 0 Å². The van der Waals surface area contributed by atoms with Gasteiger partial charge in [-0.1, -0.05) is 6.42 Å². The van der Waals surface area contributed by atoms with Crippen molar-refractivity contribution in [3.05, 3.63) is 0 Å². The predicted molar refractivity (Wildman–Crippen MR) is 69.4 cm³/mol. The van der Waals surface area contributed by atoms with Crippen molar-refractivity contribution in [3.63, 3.8) is 0 Å². The number of hydrogen-bond donors (Lipinski definition) is 1. The zero-order valence-electron chi connectivity index (χ0n) is 10.7. The summed E-state index contributed by atoms with van der Waals surface area (Å²) in [6, 6.07) is 0.410. The van der Waals surface area contributed by atoms with E-state index < -0.39 is 10.0 Å². The molecule has 5 heteroatoms. The molecule has 0 aromatic heterocycles. The van der Waals surface area contributed by atoms with Crippen LogP contribution in [0.5, 0.6) is 0 Å². The van der Waals surface area contributed by atoms with Gasteiger partial charge in [0, 0.05) is 19.6 Å². The van der Waals surface area contributed by atoms with Crippen molar-refractivity contribution in [2.75, 3.05) is 25.9 Å². The third kappa shape index (κ3) is 4.23. The van der Waals surface area contributed by atoms with Crippen LogP contribution >= 0.6 is 0 Å². The molecule has 0 radical (unpaired) electrons. The number of nitrogens with zero attached hydrogens (tertiary/aromatic N) is 1. The van der Waals surface area contributed by atoms with E-state index in [9.17, 15) is 8.42 Å². The molecule has 2 rings (SSSR count). The number of rotatable bonds is 6. The highest BCUT2D eigenvalue weighted by Crippen LogP contribution is 2.30. The molecule has 1 saturated heterocycles. The van der Waals surface area contributed by atoms with Crippen LogP contribution in [0.1, 0.15) is 38.5 Å². The average molecular weight is 260 g/mol. The van der Waals surface area contributed by atoms with Crippen molar-refractivity contribution in [1.82, 2.24) is 9.62 Å². The molecular formula is C12H24N2O2S. The van der Waals surface area contributed by atoms with Crippen LogP contribution in [0.4, 0.5) is 0 Å². The molecule has 1 saturated carbocycles. The van der Waals surface area contributed by atoms with Gasteiger partial charge in [-0.05, 0) is 44.6 Å². The lowest BCUT2D eigenvalue weighted by atomic mass is 10.0. The molecule has 1 aliphatic carbocycles. The Morgan fingerprint density at radius 3 is 2.59 bits per heavy atom. The summed E-state index contributed by atoms with van der Waals surface area (Å²) in [7, 11) is -1.30. The van der Waals surface area contributed by atoms with Gasteiger partial charge in [-0.2, -0.15) is 0 Å². The lowest BCUT2D eigenvalue weighted by Gasteiger charge is -2.24. The summed E-state index contributed by atoms with van der Waals surface area (Å²) in [5.74, 6) is 0.927. The fourth-order valence-electron chi connectivity index (χ4n) is 2.40. The molecular weight excluding hydrogens is 236 g/mol. The minimum Gasteiger partial charge on any atom is -0.314 e. The lowest BCUT2D eigenvalue weighted by molar-refractivity contribution is 0.387. The minimum absolute atomic E-state index is 0.299. The third-order valence-corrected chi connectivity index (χ3v) is 5.67. The van der Waals surface area contributed by atoms with Crippen LogP contribution in [0.3, 0.4) is 0 Å². The molecule has 0 aromatic carbocycles. The van der Waals surface area contributed by atoms with E-state index in [2.05, 4.69) is 5.32 Å². The van der Waals surface area contributed by atoms with Gasteiger partial charge >= 0.3 is 0 Å². The maximum atomic E-state index is 12.0. The van der Waals surface area contributed by atoms with E-state index in [-0.39, 0.29) is 0 Å². The monoisotopic (exact) mass is 260 g/mol. The molecule has 2 aliphatic rings. The van der Waals surface area contributed by atoms with Gasteiger partial charge in [0.05, 0.1) is 5.75 Å². The summed E-state index contributed by atoms with van der Waals surface area (Å²) < 4.78 is 25.6. The van der Waals surface area contributed by atoms with Gasteiger partial charge < -0.3 is 5.32 Å². The first-order chi connectivity index (χ1) is 8.08. The maximum absolute atomic E-state index is 12.0. The van der Waals surface area contributed by atoms with E-state index in [1.165, 1.54) is 25.7 Å². The summed E-state index contributed by atoms with van der Waals surface area (Å²) in [4.78, 5) is 0. The van der Waals surface area contributed by atoms with Crippen LogP contribution < -0.4 is 5.32 Å². The highest BCUT2D eigenvalue weighted by molar-refractivity contribution is 7.89. The molecule has 0 spiro atoms. The largest absolute Gasteiger partial charge is 0.314 e. The second-order valence-electron chi connectivity index (χ2n) is 5.48. The van der Waals surface area contributed by atoms with Crippen molar-refractivity contribution in [2.24, 2.45) is 5.92 Å². The SMILES string of the molecule is CN(CC1CC1)S(=O)(=O)CCC1CCCCN1. The molecule has 2 fully saturated rings. The van der Waals surface area contributed by atoms with Crippen molar-refractivity contribution < 1.29 is 8.42 Å². The van der Waals surface area contributed by atoms with Crippen molar-refractivity contribution in [1.29, 1.82) is 0 Å². The minimum atomic E-state index is -3.02. The Balaban J connectivity index is 1.75. The zero-order valence-corrected chi connectivity index (χ0v) is 11.5. The smallest absolute Gasteiger partial charge is 0.213 e. The Morgan fingerprint density at radius 1 is 1.24 bits per heavy atom. The van der Waals surface area contributed by atoms with Crippen LogP contribution in [0.25, 0.3) is 0 Å². The van der Waals surface area contributed by atoms with E-state index in [0.717, 1.165) is 25.9 Å². The van der Waals surface area contributed by atoms with Crippen molar-refractivity contribution in [3.8, 4) is 0 Å². The second kappa shape index (κ2) is 5.67. The molecule has 0 aromatic rings. The number of hydrogen-bond acceptors (Lipinski definition) is 3. The predicted octanol–water partition coefficient (Wildman–Crippen LogP) is 1.19. The average Bonchev–Trinajstić information content (AvgIpc) is 3.12. The Kier molecular flexibility index (Phi) is 4.44. The van der Waals surface area contributed by atoms with Gasteiger partial charge in [0.2, 0.25) is 10.0 Å². The molecule has 0 amide bonds. The van der Waals surface area contributed by atoms with E-state index in [1.54, 1.807) is 11.4 Å². The maximum Gasteiger partial charge on any atom is 0.213 e. The number of nitrogens with one attached hydrogen (secondary N) is 1. The van der Waals surface area contributed by atoms with Gasteiger partial charge in [-0.3, -0.25) is 0 Å². The van der Waals surface area contributed by atoms with Gasteiger partial charge in [0.15, 0.2) is 0 Å². The van der Waals surface area contributed by atoms with E-state index in [4.69, 9.17) is 0 Å². The van der Waals surface area contributed by atoms with Crippen LogP contribution in [0, 0.1) is 5.92 Å². The Hall–Kier alpha value is -0.130. The lowest BCUT2D eigenvalue weighted by Crippen LogP contribution is -2.38. The highest BCUT2D eigenvalue weighted by atomic mass is 32.2. The molecule has 1 atom stereocenters. The molecule has 17 heavy (non-hydrogen) atoms. The van der Waals surface area contributed by atoms with Gasteiger partial charge in [0.25, 0.3) is 0 Å². The molecule has 1 unspecified atom stereocenters. The first-order valence-corrected chi connectivity index (χ1v) is 8.36. The summed E-state index contributed by atoms with van der Waals surface area (Å²) in [6.45, 7) is 1.77. The van der Waals surface area contributed by atoms with Crippen molar-refractivity contribution >= 4 is 10.0 Å². The Bertz CT molecular complexity index is 332. The van der Waals surface area contributed by atoms with Crippen LogP contribution in [-0.2, 0) is 10.0 Å². The summed E-state index contributed by atoms with van der Waals surface area (Å²) in [5.41, 5.74) is 0. The first-order valence-electron chi connectivity index (χ1n) is 6.75. The molecule has 1 aliphatic heterocycles. The zero-order chi connectivity index (χ0) is 12.3. The van der Waals surface area contributed by atoms with Crippen LogP contribution in [-0.4, -0.2) is 44.7 Å². The first kappa shape index (κ1) is 13.3. The van der Waals surface area contributed by atoms with E-state index in [1.807, 2.05) is 0 Å². The quantitative estimate of drug-likeness (QED) is 0.780. The fourth-order valence-corrected chi connectivity index (χ4v) is 3.73. The van der Waals surface area contributed by atoms with E-state index in [0.29, 0.717) is 17.7 Å². The standard InChI is InChI=1S/C12H24N2O2S/c1-14(10-11-5-6-11)17(15,16)9-7-12-4-2-3-8-13-12/h11-13H,2-10H2,1H3. The molecule has 100 valence electrons. The van der Waals surface area contributed by atoms with Crippen LogP contribution in [0.2, 0.25) is 0 Å². The molecule has 0 bridgehead atoms. The molecule has 1 N–H and O–H groups in total. The number of piperidine rings is 1. The molecule has 1 heterocycles. The van der Waals surface area contributed by atoms with E-state index >= 15 is 0 Å². The van der Waals surface area contributed by atoms with Crippen LogP contribution in [0.15, 0.2) is 0 Å². The van der Waals surface area contributed by atoms with Gasteiger partial charge in [-0.25, -0.2) is 12.7 Å². The normalized spacial score (nSPS) is 26.4. The van der Waals surface area contributed by atoms with Crippen molar-refractivity contribution in [2.45, 2.75) is 44.6 Å². The second-order valence-corrected chi connectivity index (χ2v) is 7.67. The fraction of sp³-hybridized carbons (Fsp3) is 1.00. The third-order valence-electron chi connectivity index (χ3n) is 3.82. The number of sulfonamides is 1. The molecule has 4 nitrogen and oxygen atoms in total. The highest BCUT2D eigenvalue weighted by Gasteiger charge is 2.28. The summed E-state index contributed by atoms with van der Waals surface area (Å²) in [6.07, 6.45) is 6.74. The summed E-state index contributed by atoms with van der Waals surface area (Å²) >= 11 is 0. The summed E-state index contributed by atoms with van der Waals surface area (Å²) in [5, 5.41) is 3.40. The topological polar surface area (TPSA) is 49.4 Å². The van der Waals surface area contributed by atoms with Gasteiger partial charge in [-0.15, -0.1) is 0 Å².